The molecule has 0 amide bonds. The summed E-state index contributed by atoms with van der Waals surface area (Å²) >= 11 is 0. The van der Waals surface area contributed by atoms with Crippen LogP contribution in [-0.4, -0.2) is 20.7 Å². The molecule has 0 bridgehead atoms. The average molecular weight is 260 g/mol. The number of carbonyl (C=O) groups excluding carboxylic acids is 1. The lowest BCUT2D eigenvalue weighted by Crippen LogP contribution is -2.20. The minimum absolute atomic E-state index is 0.118. The summed E-state index contributed by atoms with van der Waals surface area (Å²) in [6.07, 6.45) is 0.757. The molecule has 18 heavy (non-hydrogen) atoms. The van der Waals surface area contributed by atoms with Gasteiger partial charge in [-0.2, -0.15) is 0 Å². The maximum absolute atomic E-state index is 11.8. The Morgan fingerprint density at radius 3 is 2.39 bits per heavy atom. The molecular weight excluding hydrogens is 240 g/mol. The van der Waals surface area contributed by atoms with Crippen molar-refractivity contribution in [2.75, 3.05) is 6.61 Å². The topological polar surface area (TPSA) is 26.3 Å². The normalized spacial score (nSPS) is 18.7. The quantitative estimate of drug-likeness (QED) is 0.470. The molecule has 96 valence electrons. The van der Waals surface area contributed by atoms with E-state index in [9.17, 15) is 4.79 Å². The van der Waals surface area contributed by atoms with Crippen LogP contribution in [0, 0.1) is 0 Å². The Kier molecular flexibility index (Phi) is 3.71. The van der Waals surface area contributed by atoms with Gasteiger partial charge in [-0.05, 0) is 17.2 Å². The van der Waals surface area contributed by atoms with Crippen LogP contribution in [0.25, 0.3) is 5.57 Å². The van der Waals surface area contributed by atoms with Gasteiger partial charge < -0.3 is 4.74 Å². The lowest BCUT2D eigenvalue weighted by Gasteiger charge is -2.20. The van der Waals surface area contributed by atoms with Gasteiger partial charge in [-0.25, -0.2) is 4.79 Å². The zero-order valence-electron chi connectivity index (χ0n) is 11.3. The number of benzene rings is 1. The predicted octanol–water partition coefficient (Wildman–Crippen LogP) is 3.73. The molecule has 1 aromatic carbocycles. The van der Waals surface area contributed by atoms with Gasteiger partial charge in [0.15, 0.2) is 0 Å². The van der Waals surface area contributed by atoms with Gasteiger partial charge in [-0.3, -0.25) is 0 Å². The van der Waals surface area contributed by atoms with Crippen LogP contribution in [0.4, 0.5) is 0 Å². The molecule has 1 heterocycles. The number of hydrogen-bond acceptors (Lipinski definition) is 2. The van der Waals surface area contributed by atoms with E-state index in [1.54, 1.807) is 0 Å². The van der Waals surface area contributed by atoms with Crippen molar-refractivity contribution < 1.29 is 9.53 Å². The van der Waals surface area contributed by atoms with Crippen LogP contribution in [0.2, 0.25) is 25.7 Å². The lowest BCUT2D eigenvalue weighted by molar-refractivity contribution is -0.135. The van der Waals surface area contributed by atoms with Gasteiger partial charge in [-0.15, -0.1) is 0 Å². The largest absolute Gasteiger partial charge is 0.462 e. The maximum atomic E-state index is 11.8. The van der Waals surface area contributed by atoms with Crippen LogP contribution < -0.4 is 0 Å². The van der Waals surface area contributed by atoms with Gasteiger partial charge in [0.1, 0.15) is 0 Å². The van der Waals surface area contributed by atoms with Crippen molar-refractivity contribution in [1.29, 1.82) is 0 Å². The summed E-state index contributed by atoms with van der Waals surface area (Å²) < 4.78 is 5.10. The van der Waals surface area contributed by atoms with Crippen molar-refractivity contribution in [3.05, 3.63) is 41.5 Å². The van der Waals surface area contributed by atoms with Crippen molar-refractivity contribution in [1.82, 2.24) is 0 Å². The summed E-state index contributed by atoms with van der Waals surface area (Å²) in [4.78, 5) is 11.8. The van der Waals surface area contributed by atoms with Crippen molar-refractivity contribution in [2.24, 2.45) is 0 Å². The van der Waals surface area contributed by atoms with E-state index in [0.29, 0.717) is 6.61 Å². The molecule has 1 aromatic rings. The fraction of sp³-hybridized carbons (Fsp3) is 0.400. The van der Waals surface area contributed by atoms with Crippen molar-refractivity contribution in [3.8, 4) is 0 Å². The first-order valence-electron chi connectivity index (χ1n) is 6.42. The van der Waals surface area contributed by atoms with E-state index in [4.69, 9.17) is 4.74 Å². The van der Waals surface area contributed by atoms with Crippen LogP contribution >= 0.6 is 0 Å². The molecule has 0 radical (unpaired) electrons. The Hall–Kier alpha value is -1.35. The summed E-state index contributed by atoms with van der Waals surface area (Å²) in [7, 11) is -1.27. The number of allylic oxidation sites excluding steroid dienone is 1. The third-order valence-corrected chi connectivity index (χ3v) is 4.44. The van der Waals surface area contributed by atoms with Crippen LogP contribution in [0.3, 0.4) is 0 Å². The third kappa shape index (κ3) is 3.10. The van der Waals surface area contributed by atoms with E-state index < -0.39 is 8.07 Å². The first-order chi connectivity index (χ1) is 8.47. The number of rotatable bonds is 3. The Labute approximate surface area is 110 Å². The van der Waals surface area contributed by atoms with Gasteiger partial charge in [-0.1, -0.05) is 50.0 Å². The summed E-state index contributed by atoms with van der Waals surface area (Å²) in [5.41, 5.74) is 3.27. The van der Waals surface area contributed by atoms with Crippen LogP contribution in [0.1, 0.15) is 12.0 Å². The van der Waals surface area contributed by atoms with Crippen LogP contribution in [0.5, 0.6) is 0 Å². The SMILES string of the molecule is C[Si](C)(C)C/C(=C1/CCOC1=O)c1ccccc1. The standard InChI is InChI=1S/C15H20O2Si/c1-18(2,3)11-14(12-7-5-4-6-8-12)13-9-10-17-15(13)16/h4-8H,9-11H2,1-3H3/b14-13+. The fourth-order valence-electron chi connectivity index (χ4n) is 2.26. The molecule has 3 heteroatoms. The number of ether oxygens (including phenoxy) is 1. The maximum Gasteiger partial charge on any atom is 0.334 e. The molecular formula is C15H20O2Si. The molecule has 0 aromatic heterocycles. The molecule has 2 rings (SSSR count). The first kappa shape index (κ1) is 13.1. The second-order valence-electron chi connectivity index (χ2n) is 5.95. The van der Waals surface area contributed by atoms with Crippen molar-refractivity contribution in [3.63, 3.8) is 0 Å². The number of esters is 1. The Bertz CT molecular complexity index is 469. The smallest absolute Gasteiger partial charge is 0.334 e. The van der Waals surface area contributed by atoms with Crippen molar-refractivity contribution in [2.45, 2.75) is 32.1 Å². The predicted molar refractivity (Wildman–Crippen MR) is 77.1 cm³/mol. The highest BCUT2D eigenvalue weighted by molar-refractivity contribution is 6.77. The van der Waals surface area contributed by atoms with Gasteiger partial charge in [0.2, 0.25) is 0 Å². The van der Waals surface area contributed by atoms with E-state index in [-0.39, 0.29) is 5.97 Å². The van der Waals surface area contributed by atoms with E-state index >= 15 is 0 Å². The molecule has 2 nitrogen and oxygen atoms in total. The molecule has 0 aliphatic carbocycles. The molecule has 0 saturated carbocycles. The molecule has 0 unspecified atom stereocenters. The van der Waals surface area contributed by atoms with Crippen LogP contribution in [-0.2, 0) is 9.53 Å². The number of cyclic esters (lactones) is 1. The minimum atomic E-state index is -1.27. The summed E-state index contributed by atoms with van der Waals surface area (Å²) in [6, 6.07) is 11.3. The molecule has 1 saturated heterocycles. The molecule has 0 spiro atoms. The Balaban J connectivity index is 2.45. The van der Waals surface area contributed by atoms with E-state index in [0.717, 1.165) is 18.0 Å². The highest BCUT2D eigenvalue weighted by Gasteiger charge is 2.26. The van der Waals surface area contributed by atoms with E-state index in [2.05, 4.69) is 31.8 Å². The average Bonchev–Trinajstić information content (AvgIpc) is 2.72. The second kappa shape index (κ2) is 5.10. The summed E-state index contributed by atoms with van der Waals surface area (Å²) in [6.45, 7) is 7.53. The number of hydrogen-bond donors (Lipinski definition) is 0. The van der Waals surface area contributed by atoms with E-state index in [1.807, 2.05) is 18.2 Å². The molecule has 1 aliphatic heterocycles. The minimum Gasteiger partial charge on any atom is -0.462 e. The second-order valence-corrected chi connectivity index (χ2v) is 11.4. The first-order valence-corrected chi connectivity index (χ1v) is 10.1. The van der Waals surface area contributed by atoms with Gasteiger partial charge in [0, 0.05) is 20.1 Å². The summed E-state index contributed by atoms with van der Waals surface area (Å²) in [5, 5.41) is 0. The number of carbonyl (C=O) groups is 1. The highest BCUT2D eigenvalue weighted by Crippen LogP contribution is 2.32. The lowest BCUT2D eigenvalue weighted by atomic mass is 10.0. The van der Waals surface area contributed by atoms with Gasteiger partial charge in [0.25, 0.3) is 0 Å². The Morgan fingerprint density at radius 2 is 1.89 bits per heavy atom. The molecule has 0 atom stereocenters. The fourth-order valence-corrected chi connectivity index (χ4v) is 3.74. The summed E-state index contributed by atoms with van der Waals surface area (Å²) in [5.74, 6) is -0.118. The molecule has 0 N–H and O–H groups in total. The monoisotopic (exact) mass is 260 g/mol. The Morgan fingerprint density at radius 1 is 1.22 bits per heavy atom. The zero-order valence-corrected chi connectivity index (χ0v) is 12.3. The van der Waals surface area contributed by atoms with Crippen molar-refractivity contribution >= 4 is 19.6 Å². The molecule has 1 fully saturated rings. The highest BCUT2D eigenvalue weighted by atomic mass is 28.3. The third-order valence-electron chi connectivity index (χ3n) is 3.03. The molecule has 1 aliphatic rings. The van der Waals surface area contributed by atoms with E-state index in [1.165, 1.54) is 11.1 Å². The van der Waals surface area contributed by atoms with Crippen LogP contribution in [0.15, 0.2) is 35.9 Å². The van der Waals surface area contributed by atoms with Gasteiger partial charge in [0.05, 0.1) is 6.61 Å². The zero-order chi connectivity index (χ0) is 13.2. The van der Waals surface area contributed by atoms with Gasteiger partial charge >= 0.3 is 5.97 Å².